The van der Waals surface area contributed by atoms with E-state index in [4.69, 9.17) is 19.9 Å². The van der Waals surface area contributed by atoms with Crippen LogP contribution in [0.25, 0.3) is 0 Å². The van der Waals surface area contributed by atoms with Gasteiger partial charge in [-0.05, 0) is 54.6 Å². The van der Waals surface area contributed by atoms with Crippen LogP contribution in [0.4, 0.5) is 4.39 Å². The van der Waals surface area contributed by atoms with Gasteiger partial charge in [0.15, 0.2) is 18.2 Å². The van der Waals surface area contributed by atoms with E-state index < -0.39 is 54.7 Å². The van der Waals surface area contributed by atoms with Crippen LogP contribution in [-0.4, -0.2) is 54.4 Å². The molecule has 218 valence electrons. The fourth-order valence-electron chi connectivity index (χ4n) is 8.54. The van der Waals surface area contributed by atoms with Crippen molar-refractivity contribution in [1.29, 1.82) is 0 Å². The Labute approximate surface area is 235 Å². The molecule has 1 aromatic rings. The third kappa shape index (κ3) is 4.17. The Kier molecular flexibility index (Phi) is 7.47. The van der Waals surface area contributed by atoms with Crippen LogP contribution in [0.2, 0.25) is 0 Å². The Morgan fingerprint density at radius 3 is 2.73 bits per heavy atom. The molecule has 0 amide bonds. The average Bonchev–Trinajstić information content (AvgIpc) is 3.46. The van der Waals surface area contributed by atoms with E-state index >= 15 is 4.39 Å². The van der Waals surface area contributed by atoms with Crippen LogP contribution in [0, 0.1) is 39.8 Å². The molecule has 1 aromatic carbocycles. The summed E-state index contributed by atoms with van der Waals surface area (Å²) in [5.74, 6) is -1.93. The van der Waals surface area contributed by atoms with Crippen LogP contribution in [0.3, 0.4) is 0 Å². The van der Waals surface area contributed by atoms with Crippen molar-refractivity contribution in [3.8, 4) is 5.75 Å². The van der Waals surface area contributed by atoms with Crippen molar-refractivity contribution in [2.75, 3.05) is 13.2 Å². The number of hydrogen-bond donors (Lipinski definition) is 3. The van der Waals surface area contributed by atoms with E-state index in [9.17, 15) is 19.7 Å². The van der Waals surface area contributed by atoms with E-state index in [1.807, 2.05) is 6.92 Å². The highest BCUT2D eigenvalue weighted by molar-refractivity contribution is 6.62. The van der Waals surface area contributed by atoms with Gasteiger partial charge in [0.25, 0.3) is 0 Å². The zero-order valence-corrected chi connectivity index (χ0v) is 23.8. The van der Waals surface area contributed by atoms with Crippen LogP contribution in [0.1, 0.15) is 71.5 Å². The van der Waals surface area contributed by atoms with Crippen molar-refractivity contribution < 1.29 is 38.2 Å². The Morgan fingerprint density at radius 1 is 1.32 bits per heavy atom. The van der Waals surface area contributed by atoms with E-state index in [0.29, 0.717) is 24.8 Å². The summed E-state index contributed by atoms with van der Waals surface area (Å²) < 4.78 is 32.2. The number of carbonyl (C=O) groups is 2. The number of ether oxygens (including phenoxy) is 2. The molecule has 1 heterocycles. The maximum atomic E-state index is 15.2. The topological polar surface area (TPSA) is 128 Å². The van der Waals surface area contributed by atoms with E-state index in [-0.39, 0.29) is 46.7 Å². The molecule has 8 nitrogen and oxygen atoms in total. The molecule has 0 aromatic heterocycles. The monoisotopic (exact) mass is 557 g/mol. The van der Waals surface area contributed by atoms with Gasteiger partial charge in [-0.25, -0.2) is 9.18 Å². The Balaban J connectivity index is 1.43. The minimum atomic E-state index is -1.48. The molecule has 0 radical (unpaired) electrons. The molecule has 3 aliphatic carbocycles. The van der Waals surface area contributed by atoms with Crippen molar-refractivity contribution >= 4 is 24.3 Å². The summed E-state index contributed by atoms with van der Waals surface area (Å²) in [4.78, 5) is 26.8. The van der Waals surface area contributed by atoms with Crippen LogP contribution in [0.5, 0.6) is 5.75 Å². The van der Waals surface area contributed by atoms with Crippen molar-refractivity contribution in [2.45, 2.75) is 78.1 Å². The zero-order chi connectivity index (χ0) is 29.2. The predicted octanol–water partition coefficient (Wildman–Crippen LogP) is 2.83. The molecule has 2 bridgehead atoms. The van der Waals surface area contributed by atoms with Gasteiger partial charge in [-0.2, -0.15) is 0 Å². The lowest BCUT2D eigenvalue weighted by Gasteiger charge is -2.61. The van der Waals surface area contributed by atoms with Gasteiger partial charge in [0.1, 0.15) is 11.9 Å². The van der Waals surface area contributed by atoms with Gasteiger partial charge < -0.3 is 30.0 Å². The molecule has 1 unspecified atom stereocenters. The lowest BCUT2D eigenvalue weighted by molar-refractivity contribution is -0.207. The maximum Gasteiger partial charge on any atom is 0.495 e. The number of nitrogens with two attached hydrogens (primary N) is 1. The summed E-state index contributed by atoms with van der Waals surface area (Å²) in [7, 11) is -1.48. The minimum absolute atomic E-state index is 0.0502. The first kappa shape index (κ1) is 29.2. The molecule has 0 saturated heterocycles. The second kappa shape index (κ2) is 10.2. The summed E-state index contributed by atoms with van der Waals surface area (Å²) in [6.07, 6.45) is 2.83. The lowest BCUT2D eigenvalue weighted by atomic mass is 9.44. The van der Waals surface area contributed by atoms with E-state index in [1.165, 1.54) is 6.07 Å². The summed E-state index contributed by atoms with van der Waals surface area (Å²) in [6, 6.07) is 2.94. The molecule has 5 rings (SSSR count). The molecule has 0 spiro atoms. The average molecular weight is 557 g/mol. The first-order valence-electron chi connectivity index (χ1n) is 14.4. The van der Waals surface area contributed by atoms with E-state index in [1.54, 1.807) is 12.1 Å². The minimum Gasteiger partial charge on any atom is -0.479 e. The van der Waals surface area contributed by atoms with E-state index in [0.717, 1.165) is 12.8 Å². The van der Waals surface area contributed by atoms with Gasteiger partial charge in [-0.3, -0.25) is 4.79 Å². The maximum absolute atomic E-state index is 15.2. The van der Waals surface area contributed by atoms with Gasteiger partial charge in [0.05, 0.1) is 12.2 Å². The lowest BCUT2D eigenvalue weighted by Crippen LogP contribution is -2.63. The fraction of sp³-hybridized carbons (Fsp3) is 0.667. The SMILES string of the molecule is C=C[C@]1(C)C[C@@H](OC(=O)COc2ccc3c(c2F)B(O)OC3CN)[C@@]2(C)[C@@H]3C(=O)CC[C@@]3(CC[C@@H]2C)[C@@H](C)[C@@H]1O. The highest BCUT2D eigenvalue weighted by Crippen LogP contribution is 2.68. The summed E-state index contributed by atoms with van der Waals surface area (Å²) in [6.45, 7) is 11.7. The number of Topliss-reactive ketones (excluding diaryl/α,β-unsaturated/α-hetero) is 1. The number of rotatable bonds is 6. The quantitative estimate of drug-likeness (QED) is 0.277. The number of esters is 1. The Hall–Kier alpha value is -2.27. The molecule has 3 saturated carbocycles. The van der Waals surface area contributed by atoms with Gasteiger partial charge in [0, 0.05) is 35.2 Å². The number of carbonyl (C=O) groups excluding carboxylic acids is 2. The second-order valence-electron chi connectivity index (χ2n) is 12.9. The van der Waals surface area contributed by atoms with Gasteiger partial charge in [-0.1, -0.05) is 39.8 Å². The van der Waals surface area contributed by atoms with Crippen molar-refractivity contribution in [3.63, 3.8) is 0 Å². The van der Waals surface area contributed by atoms with E-state index in [2.05, 4.69) is 27.4 Å². The molecule has 10 heteroatoms. The molecule has 4 N–H and O–H groups in total. The molecule has 3 fully saturated rings. The summed E-state index contributed by atoms with van der Waals surface area (Å²) >= 11 is 0. The molecule has 4 aliphatic rings. The van der Waals surface area contributed by atoms with Crippen LogP contribution in [0.15, 0.2) is 24.8 Å². The number of benzene rings is 1. The Morgan fingerprint density at radius 2 is 2.05 bits per heavy atom. The number of fused-ring (bicyclic) bond motifs is 1. The molecule has 40 heavy (non-hydrogen) atoms. The van der Waals surface area contributed by atoms with Gasteiger partial charge in [-0.15, -0.1) is 6.58 Å². The Bertz CT molecular complexity index is 1210. The van der Waals surface area contributed by atoms with Crippen molar-refractivity contribution in [1.82, 2.24) is 0 Å². The zero-order valence-electron chi connectivity index (χ0n) is 23.8. The third-order valence-corrected chi connectivity index (χ3v) is 11.2. The van der Waals surface area contributed by atoms with Crippen molar-refractivity contribution in [2.24, 2.45) is 39.7 Å². The highest BCUT2D eigenvalue weighted by Gasteiger charge is 2.68. The van der Waals surface area contributed by atoms with Crippen LogP contribution >= 0.6 is 0 Å². The number of aliphatic hydroxyl groups is 1. The van der Waals surface area contributed by atoms with Gasteiger partial charge >= 0.3 is 13.1 Å². The largest absolute Gasteiger partial charge is 0.495 e. The second-order valence-corrected chi connectivity index (χ2v) is 12.9. The standard InChI is InChI=1S/C30H41BFNO7/c1-6-28(4)13-22(29(5)16(2)9-11-30(17(3)27(28)36)12-10-19(34)26(29)30)39-23(35)15-38-20-8-7-18-21(14-33)40-31(37)24(18)25(20)32/h6-8,16-17,21-22,26-27,36-37H,1,9-15,33H2,2-5H3/t16-,17-,21?,22+,26-,27-,28+,29-,30-/m0/s1. The van der Waals surface area contributed by atoms with Crippen molar-refractivity contribution in [3.05, 3.63) is 36.2 Å². The highest BCUT2D eigenvalue weighted by atomic mass is 19.1. The van der Waals surface area contributed by atoms with Crippen LogP contribution < -0.4 is 15.9 Å². The number of halogens is 1. The summed E-state index contributed by atoms with van der Waals surface area (Å²) in [5, 5.41) is 21.8. The molecular weight excluding hydrogens is 516 g/mol. The third-order valence-electron chi connectivity index (χ3n) is 11.2. The smallest absolute Gasteiger partial charge is 0.479 e. The first-order chi connectivity index (χ1) is 18.8. The van der Waals surface area contributed by atoms with Crippen LogP contribution in [-0.2, 0) is 19.0 Å². The normalized spacial score (nSPS) is 40.6. The molecular formula is C30H41BFNO7. The fourth-order valence-corrected chi connectivity index (χ4v) is 8.54. The summed E-state index contributed by atoms with van der Waals surface area (Å²) in [5.41, 5.74) is 4.26. The number of ketones is 1. The first-order valence-corrected chi connectivity index (χ1v) is 14.4. The molecule has 1 aliphatic heterocycles. The predicted molar refractivity (Wildman–Crippen MR) is 147 cm³/mol. The number of aliphatic hydroxyl groups excluding tert-OH is 1. The van der Waals surface area contributed by atoms with Gasteiger partial charge in [0.2, 0.25) is 0 Å². The molecule has 9 atom stereocenters. The number of hydrogen-bond acceptors (Lipinski definition) is 8.